The summed E-state index contributed by atoms with van der Waals surface area (Å²) in [5.74, 6) is -1.34. The van der Waals surface area contributed by atoms with E-state index in [0.29, 0.717) is 13.0 Å². The van der Waals surface area contributed by atoms with E-state index in [9.17, 15) is 14.7 Å². The molecule has 1 amide bonds. The summed E-state index contributed by atoms with van der Waals surface area (Å²) in [6.07, 6.45) is 0.523. The molecule has 0 saturated carbocycles. The third kappa shape index (κ3) is 3.12. The summed E-state index contributed by atoms with van der Waals surface area (Å²) in [5.41, 5.74) is 0.884. The number of aliphatic carboxylic acids is 1. The van der Waals surface area contributed by atoms with Crippen molar-refractivity contribution >= 4 is 11.9 Å². The molecule has 1 aromatic carbocycles. The van der Waals surface area contributed by atoms with Gasteiger partial charge in [-0.05, 0) is 5.56 Å². The zero-order valence-electron chi connectivity index (χ0n) is 10.5. The van der Waals surface area contributed by atoms with E-state index in [1.165, 1.54) is 4.90 Å². The highest BCUT2D eigenvalue weighted by atomic mass is 16.4. The van der Waals surface area contributed by atoms with Gasteiger partial charge in [-0.3, -0.25) is 4.79 Å². The molecule has 2 N–H and O–H groups in total. The van der Waals surface area contributed by atoms with Gasteiger partial charge < -0.3 is 15.1 Å². The first-order chi connectivity index (χ1) is 9.11. The van der Waals surface area contributed by atoms with Crippen LogP contribution >= 0.6 is 0 Å². The van der Waals surface area contributed by atoms with E-state index in [2.05, 4.69) is 0 Å². The standard InChI is InChI=1S/C14H17NO4/c16-9-11-7-13(17)15(8-11)12(14(18)19)6-10-4-2-1-3-5-10/h1-5,11-12,16H,6-9H2,(H,18,19). The molecular weight excluding hydrogens is 246 g/mol. The number of likely N-dealkylation sites (tertiary alicyclic amines) is 1. The smallest absolute Gasteiger partial charge is 0.326 e. The van der Waals surface area contributed by atoms with E-state index in [4.69, 9.17) is 5.11 Å². The van der Waals surface area contributed by atoms with Crippen LogP contribution in [0.15, 0.2) is 30.3 Å². The van der Waals surface area contributed by atoms with Crippen LogP contribution in [0, 0.1) is 5.92 Å². The molecule has 2 unspecified atom stereocenters. The molecule has 1 heterocycles. The summed E-state index contributed by atoms with van der Waals surface area (Å²) in [7, 11) is 0. The number of carboxylic acid groups (broad SMARTS) is 1. The predicted octanol–water partition coefficient (Wildman–Crippen LogP) is 0.523. The van der Waals surface area contributed by atoms with Crippen molar-refractivity contribution in [2.24, 2.45) is 5.92 Å². The maximum atomic E-state index is 11.8. The molecule has 1 aromatic rings. The fraction of sp³-hybridized carbons (Fsp3) is 0.429. The molecule has 0 spiro atoms. The zero-order chi connectivity index (χ0) is 13.8. The fourth-order valence-corrected chi connectivity index (χ4v) is 2.40. The lowest BCUT2D eigenvalue weighted by Gasteiger charge is -2.24. The Morgan fingerprint density at radius 2 is 2.05 bits per heavy atom. The summed E-state index contributed by atoms with van der Waals surface area (Å²) < 4.78 is 0. The van der Waals surface area contributed by atoms with Gasteiger partial charge in [0.15, 0.2) is 0 Å². The molecule has 2 atom stereocenters. The maximum Gasteiger partial charge on any atom is 0.326 e. The fourth-order valence-electron chi connectivity index (χ4n) is 2.40. The third-order valence-corrected chi connectivity index (χ3v) is 3.43. The predicted molar refractivity (Wildman–Crippen MR) is 68.5 cm³/mol. The molecule has 1 saturated heterocycles. The number of benzene rings is 1. The Labute approximate surface area is 111 Å². The lowest BCUT2D eigenvalue weighted by molar-refractivity contribution is -0.148. The van der Waals surface area contributed by atoms with E-state index < -0.39 is 12.0 Å². The van der Waals surface area contributed by atoms with E-state index in [1.54, 1.807) is 0 Å². The molecule has 5 nitrogen and oxygen atoms in total. The van der Waals surface area contributed by atoms with Crippen LogP contribution in [0.3, 0.4) is 0 Å². The van der Waals surface area contributed by atoms with Crippen LogP contribution in [0.1, 0.15) is 12.0 Å². The number of carbonyl (C=O) groups excluding carboxylic acids is 1. The lowest BCUT2D eigenvalue weighted by Crippen LogP contribution is -2.43. The quantitative estimate of drug-likeness (QED) is 0.812. The normalized spacial score (nSPS) is 20.6. The minimum Gasteiger partial charge on any atom is -0.480 e. The van der Waals surface area contributed by atoms with Crippen LogP contribution in [0.2, 0.25) is 0 Å². The van der Waals surface area contributed by atoms with Gasteiger partial charge >= 0.3 is 5.97 Å². The van der Waals surface area contributed by atoms with Crippen molar-refractivity contribution in [3.8, 4) is 0 Å². The molecule has 1 aliphatic heterocycles. The van der Waals surface area contributed by atoms with Gasteiger partial charge in [-0.25, -0.2) is 4.79 Å². The molecule has 5 heteroatoms. The zero-order valence-corrected chi connectivity index (χ0v) is 10.5. The summed E-state index contributed by atoms with van der Waals surface area (Å²) >= 11 is 0. The van der Waals surface area contributed by atoms with E-state index in [1.807, 2.05) is 30.3 Å². The number of nitrogens with zero attached hydrogens (tertiary/aromatic N) is 1. The van der Waals surface area contributed by atoms with Gasteiger partial charge in [-0.1, -0.05) is 30.3 Å². The van der Waals surface area contributed by atoms with Gasteiger partial charge in [-0.15, -0.1) is 0 Å². The highest BCUT2D eigenvalue weighted by Gasteiger charge is 2.37. The van der Waals surface area contributed by atoms with Crippen molar-refractivity contribution in [1.82, 2.24) is 4.90 Å². The Morgan fingerprint density at radius 1 is 1.37 bits per heavy atom. The first-order valence-corrected chi connectivity index (χ1v) is 6.29. The van der Waals surface area contributed by atoms with Crippen molar-refractivity contribution in [2.75, 3.05) is 13.2 Å². The van der Waals surface area contributed by atoms with Crippen LogP contribution in [0.5, 0.6) is 0 Å². The maximum absolute atomic E-state index is 11.8. The molecular formula is C14H17NO4. The second-order valence-corrected chi connectivity index (χ2v) is 4.84. The van der Waals surface area contributed by atoms with Crippen LogP contribution in [-0.2, 0) is 16.0 Å². The number of aliphatic hydroxyl groups is 1. The number of carboxylic acids is 1. The summed E-state index contributed by atoms with van der Waals surface area (Å²) in [4.78, 5) is 24.6. The van der Waals surface area contributed by atoms with Gasteiger partial charge in [-0.2, -0.15) is 0 Å². The Balaban J connectivity index is 2.13. The molecule has 0 bridgehead atoms. The molecule has 2 rings (SSSR count). The van der Waals surface area contributed by atoms with Gasteiger partial charge in [0, 0.05) is 31.9 Å². The van der Waals surface area contributed by atoms with Crippen molar-refractivity contribution in [3.05, 3.63) is 35.9 Å². The number of hydrogen-bond donors (Lipinski definition) is 2. The minimum absolute atomic E-state index is 0.0834. The highest BCUT2D eigenvalue weighted by molar-refractivity contribution is 5.85. The SMILES string of the molecule is O=C(O)C(Cc1ccccc1)N1CC(CO)CC1=O. The average molecular weight is 263 g/mol. The van der Waals surface area contributed by atoms with Gasteiger partial charge in [0.1, 0.15) is 6.04 Å². The van der Waals surface area contributed by atoms with Crippen LogP contribution in [-0.4, -0.2) is 46.2 Å². The number of aliphatic hydroxyl groups excluding tert-OH is 1. The van der Waals surface area contributed by atoms with Crippen LogP contribution < -0.4 is 0 Å². The van der Waals surface area contributed by atoms with Crippen LogP contribution in [0.25, 0.3) is 0 Å². The van der Waals surface area contributed by atoms with Crippen molar-refractivity contribution in [2.45, 2.75) is 18.9 Å². The Kier molecular flexibility index (Phi) is 4.16. The number of hydrogen-bond acceptors (Lipinski definition) is 3. The highest BCUT2D eigenvalue weighted by Crippen LogP contribution is 2.21. The number of rotatable bonds is 5. The van der Waals surface area contributed by atoms with Gasteiger partial charge in [0.05, 0.1) is 0 Å². The summed E-state index contributed by atoms with van der Waals surface area (Å²) in [6, 6.07) is 8.39. The second-order valence-electron chi connectivity index (χ2n) is 4.84. The van der Waals surface area contributed by atoms with Crippen molar-refractivity contribution in [1.29, 1.82) is 0 Å². The Morgan fingerprint density at radius 3 is 2.58 bits per heavy atom. The van der Waals surface area contributed by atoms with E-state index in [0.717, 1.165) is 5.56 Å². The van der Waals surface area contributed by atoms with Crippen molar-refractivity contribution < 1.29 is 19.8 Å². The molecule has 0 aliphatic carbocycles. The average Bonchev–Trinajstić information content (AvgIpc) is 2.78. The first kappa shape index (κ1) is 13.5. The monoisotopic (exact) mass is 263 g/mol. The lowest BCUT2D eigenvalue weighted by atomic mass is 10.0. The van der Waals surface area contributed by atoms with Gasteiger partial charge in [0.2, 0.25) is 5.91 Å². The van der Waals surface area contributed by atoms with E-state index in [-0.39, 0.29) is 24.9 Å². The molecule has 0 aromatic heterocycles. The number of carbonyl (C=O) groups is 2. The molecule has 102 valence electrons. The van der Waals surface area contributed by atoms with Crippen molar-refractivity contribution in [3.63, 3.8) is 0 Å². The number of amides is 1. The minimum atomic E-state index is -1.00. The Hall–Kier alpha value is -1.88. The largest absolute Gasteiger partial charge is 0.480 e. The first-order valence-electron chi connectivity index (χ1n) is 6.29. The molecule has 19 heavy (non-hydrogen) atoms. The Bertz CT molecular complexity index is 460. The molecule has 1 fully saturated rings. The summed E-state index contributed by atoms with van der Waals surface area (Å²) in [6.45, 7) is 0.235. The van der Waals surface area contributed by atoms with Crippen LogP contribution in [0.4, 0.5) is 0 Å². The molecule has 1 aliphatic rings. The summed E-state index contributed by atoms with van der Waals surface area (Å²) in [5, 5.41) is 18.4. The van der Waals surface area contributed by atoms with E-state index >= 15 is 0 Å². The van der Waals surface area contributed by atoms with Gasteiger partial charge in [0.25, 0.3) is 0 Å². The topological polar surface area (TPSA) is 77.8 Å². The second kappa shape index (κ2) is 5.84. The third-order valence-electron chi connectivity index (χ3n) is 3.43. The molecule has 0 radical (unpaired) electrons.